The standard InChI is InChI=1S/C19H18ClN3/c1-2-11-22-17-13-15(20)8-9-16(17)18(14-6-4-3-5-7-14)23-12-10-21-19(22)23/h2-9,13,18H,1,10-12H2. The Morgan fingerprint density at radius 1 is 1.22 bits per heavy atom. The van der Waals surface area contributed by atoms with E-state index in [4.69, 9.17) is 16.6 Å². The number of hydrogen-bond acceptors (Lipinski definition) is 3. The van der Waals surface area contributed by atoms with Crippen LogP contribution in [0.15, 0.2) is 66.2 Å². The third-order valence-electron chi connectivity index (χ3n) is 4.41. The highest BCUT2D eigenvalue weighted by Crippen LogP contribution is 2.42. The molecule has 0 aromatic heterocycles. The van der Waals surface area contributed by atoms with Crippen LogP contribution in [0, 0.1) is 0 Å². The Kier molecular flexibility index (Phi) is 3.58. The molecule has 0 saturated heterocycles. The van der Waals surface area contributed by atoms with E-state index in [9.17, 15) is 0 Å². The summed E-state index contributed by atoms with van der Waals surface area (Å²) in [5, 5.41) is 0.747. The summed E-state index contributed by atoms with van der Waals surface area (Å²) in [6.07, 6.45) is 1.91. The van der Waals surface area contributed by atoms with Crippen LogP contribution in [0.5, 0.6) is 0 Å². The van der Waals surface area contributed by atoms with Crippen molar-refractivity contribution in [3.63, 3.8) is 0 Å². The topological polar surface area (TPSA) is 18.8 Å². The first-order valence-electron chi connectivity index (χ1n) is 7.83. The van der Waals surface area contributed by atoms with Gasteiger partial charge in [0.2, 0.25) is 5.96 Å². The Bertz CT molecular complexity index is 769. The maximum Gasteiger partial charge on any atom is 0.202 e. The van der Waals surface area contributed by atoms with Crippen molar-refractivity contribution in [2.45, 2.75) is 6.04 Å². The van der Waals surface area contributed by atoms with Crippen molar-refractivity contribution in [1.29, 1.82) is 0 Å². The summed E-state index contributed by atoms with van der Waals surface area (Å²) >= 11 is 6.27. The lowest BCUT2D eigenvalue weighted by Gasteiger charge is -2.43. The van der Waals surface area contributed by atoms with Gasteiger partial charge >= 0.3 is 0 Å². The van der Waals surface area contributed by atoms with E-state index in [-0.39, 0.29) is 6.04 Å². The monoisotopic (exact) mass is 323 g/mol. The SMILES string of the molecule is C=CCN1C2=NCCN2C(c2ccccc2)c2ccc(Cl)cc21. The zero-order valence-electron chi connectivity index (χ0n) is 12.8. The molecule has 0 aliphatic carbocycles. The molecule has 23 heavy (non-hydrogen) atoms. The lowest BCUT2D eigenvalue weighted by atomic mass is 9.93. The number of halogens is 1. The molecule has 116 valence electrons. The summed E-state index contributed by atoms with van der Waals surface area (Å²) < 4.78 is 0. The molecule has 2 aliphatic heterocycles. The molecule has 3 nitrogen and oxygen atoms in total. The van der Waals surface area contributed by atoms with Crippen molar-refractivity contribution in [3.05, 3.63) is 77.3 Å². The molecule has 0 bridgehead atoms. The number of guanidine groups is 1. The van der Waals surface area contributed by atoms with Crippen molar-refractivity contribution in [3.8, 4) is 0 Å². The minimum Gasteiger partial charge on any atom is -0.329 e. The molecule has 0 radical (unpaired) electrons. The number of rotatable bonds is 3. The minimum absolute atomic E-state index is 0.186. The minimum atomic E-state index is 0.186. The van der Waals surface area contributed by atoms with E-state index in [1.807, 2.05) is 18.2 Å². The summed E-state index contributed by atoms with van der Waals surface area (Å²) in [5.74, 6) is 1.02. The fraction of sp³-hybridized carbons (Fsp3) is 0.211. The summed E-state index contributed by atoms with van der Waals surface area (Å²) in [5.41, 5.74) is 3.68. The largest absolute Gasteiger partial charge is 0.329 e. The zero-order valence-corrected chi connectivity index (χ0v) is 13.6. The summed E-state index contributed by atoms with van der Waals surface area (Å²) in [7, 11) is 0. The maximum atomic E-state index is 6.27. The highest BCUT2D eigenvalue weighted by atomic mass is 35.5. The number of anilines is 1. The third kappa shape index (κ3) is 2.32. The van der Waals surface area contributed by atoms with E-state index in [0.717, 1.165) is 36.3 Å². The average Bonchev–Trinajstić information content (AvgIpc) is 3.05. The second kappa shape index (κ2) is 5.74. The average molecular weight is 324 g/mol. The highest BCUT2D eigenvalue weighted by molar-refractivity contribution is 6.31. The van der Waals surface area contributed by atoms with E-state index >= 15 is 0 Å². The molecule has 1 unspecified atom stereocenters. The molecule has 2 aromatic rings. The normalized spacial score (nSPS) is 19.2. The van der Waals surface area contributed by atoms with E-state index in [1.165, 1.54) is 11.1 Å². The van der Waals surface area contributed by atoms with Gasteiger partial charge in [-0.25, -0.2) is 0 Å². The van der Waals surface area contributed by atoms with Gasteiger partial charge in [0.15, 0.2) is 0 Å². The van der Waals surface area contributed by atoms with Crippen LogP contribution < -0.4 is 4.90 Å². The van der Waals surface area contributed by atoms with Crippen molar-refractivity contribution in [1.82, 2.24) is 4.90 Å². The maximum absolute atomic E-state index is 6.27. The molecule has 2 aromatic carbocycles. The van der Waals surface area contributed by atoms with Gasteiger partial charge in [-0.05, 0) is 17.7 Å². The Hall–Kier alpha value is -2.26. The van der Waals surface area contributed by atoms with Crippen LogP contribution in [-0.4, -0.2) is 30.5 Å². The van der Waals surface area contributed by atoms with Gasteiger partial charge in [-0.2, -0.15) is 0 Å². The van der Waals surface area contributed by atoms with Crippen molar-refractivity contribution in [2.24, 2.45) is 4.99 Å². The van der Waals surface area contributed by atoms with Gasteiger partial charge < -0.3 is 9.80 Å². The molecule has 2 heterocycles. The van der Waals surface area contributed by atoms with Crippen LogP contribution in [0.4, 0.5) is 5.69 Å². The van der Waals surface area contributed by atoms with Gasteiger partial charge in [-0.1, -0.05) is 54.1 Å². The van der Waals surface area contributed by atoms with Gasteiger partial charge in [-0.3, -0.25) is 4.99 Å². The lowest BCUT2D eigenvalue weighted by Crippen LogP contribution is -2.48. The van der Waals surface area contributed by atoms with Gasteiger partial charge in [0.25, 0.3) is 0 Å². The Morgan fingerprint density at radius 3 is 2.83 bits per heavy atom. The molecule has 4 heteroatoms. The third-order valence-corrected chi connectivity index (χ3v) is 4.64. The first-order valence-corrected chi connectivity index (χ1v) is 8.21. The molecule has 0 amide bonds. The molecular weight excluding hydrogens is 306 g/mol. The van der Waals surface area contributed by atoms with Crippen LogP contribution in [0.25, 0.3) is 0 Å². The molecular formula is C19H18ClN3. The number of hydrogen-bond donors (Lipinski definition) is 0. The molecule has 0 N–H and O–H groups in total. The van der Waals surface area contributed by atoms with Gasteiger partial charge in [0, 0.05) is 23.7 Å². The molecule has 0 spiro atoms. The summed E-state index contributed by atoms with van der Waals surface area (Å²) in [6, 6.07) is 16.9. The molecule has 0 saturated carbocycles. The second-order valence-corrected chi connectivity index (χ2v) is 6.23. The van der Waals surface area contributed by atoms with E-state index in [1.54, 1.807) is 0 Å². The van der Waals surface area contributed by atoms with Crippen LogP contribution in [-0.2, 0) is 0 Å². The quantitative estimate of drug-likeness (QED) is 0.792. The van der Waals surface area contributed by atoms with Gasteiger partial charge in [-0.15, -0.1) is 6.58 Å². The van der Waals surface area contributed by atoms with Crippen LogP contribution >= 0.6 is 11.6 Å². The van der Waals surface area contributed by atoms with Crippen LogP contribution in [0.2, 0.25) is 5.02 Å². The molecule has 0 fully saturated rings. The number of benzene rings is 2. The smallest absolute Gasteiger partial charge is 0.202 e. The summed E-state index contributed by atoms with van der Waals surface area (Å²) in [6.45, 7) is 6.38. The van der Waals surface area contributed by atoms with E-state index < -0.39 is 0 Å². The van der Waals surface area contributed by atoms with E-state index in [2.05, 4.69) is 52.8 Å². The zero-order chi connectivity index (χ0) is 15.8. The predicted molar refractivity (Wildman–Crippen MR) is 96.3 cm³/mol. The fourth-order valence-electron chi connectivity index (χ4n) is 3.49. The molecule has 4 rings (SSSR count). The van der Waals surface area contributed by atoms with Crippen LogP contribution in [0.1, 0.15) is 17.2 Å². The second-order valence-electron chi connectivity index (χ2n) is 5.79. The fourth-order valence-corrected chi connectivity index (χ4v) is 3.66. The first kappa shape index (κ1) is 14.3. The van der Waals surface area contributed by atoms with Gasteiger partial charge in [0.1, 0.15) is 0 Å². The number of aliphatic imine (C=N–C) groups is 1. The highest BCUT2D eigenvalue weighted by Gasteiger charge is 2.38. The van der Waals surface area contributed by atoms with Crippen molar-refractivity contribution in [2.75, 3.05) is 24.5 Å². The van der Waals surface area contributed by atoms with E-state index in [0.29, 0.717) is 0 Å². The Balaban J connectivity index is 1.92. The number of nitrogens with zero attached hydrogens (tertiary/aromatic N) is 3. The first-order chi connectivity index (χ1) is 11.3. The molecule has 2 aliphatic rings. The van der Waals surface area contributed by atoms with Crippen molar-refractivity contribution < 1.29 is 0 Å². The number of fused-ring (bicyclic) bond motifs is 2. The Labute approximate surface area is 141 Å². The predicted octanol–water partition coefficient (Wildman–Crippen LogP) is 4.11. The molecule has 1 atom stereocenters. The van der Waals surface area contributed by atoms with Crippen LogP contribution in [0.3, 0.4) is 0 Å². The van der Waals surface area contributed by atoms with Gasteiger partial charge in [0.05, 0.1) is 18.3 Å². The Morgan fingerprint density at radius 2 is 2.04 bits per heavy atom. The summed E-state index contributed by atoms with van der Waals surface area (Å²) in [4.78, 5) is 9.33. The lowest BCUT2D eigenvalue weighted by molar-refractivity contribution is 0.374. The van der Waals surface area contributed by atoms with Crippen molar-refractivity contribution >= 4 is 23.2 Å².